The molecule has 1 N–H and O–H groups in total. The monoisotopic (exact) mass is 561 g/mol. The van der Waals surface area contributed by atoms with Crippen molar-refractivity contribution in [2.45, 2.75) is 111 Å². The summed E-state index contributed by atoms with van der Waals surface area (Å²) in [6.07, 6.45) is 13.0. The summed E-state index contributed by atoms with van der Waals surface area (Å²) < 4.78 is 5.83. The highest BCUT2D eigenvalue weighted by molar-refractivity contribution is 9.09. The topological polar surface area (TPSA) is 38.3 Å². The first-order chi connectivity index (χ1) is 16.8. The molecule has 204 valence electrons. The number of rotatable bonds is 4. The first-order valence-electron chi connectivity index (χ1n) is 15.0. The Hall–Kier alpha value is -0.350. The largest absolute Gasteiger partial charge is 0.465 e. The van der Waals surface area contributed by atoms with Gasteiger partial charge in [-0.2, -0.15) is 0 Å². The molecule has 5 aliphatic rings. The molecular weight excluding hydrogens is 510 g/mol. The normalized spacial score (nSPS) is 49.6. The summed E-state index contributed by atoms with van der Waals surface area (Å²) in [5.41, 5.74) is 2.86. The van der Waals surface area contributed by atoms with Crippen LogP contribution in [0.1, 0.15) is 106 Å². The first kappa shape index (κ1) is 27.2. The van der Waals surface area contributed by atoms with Crippen LogP contribution in [0.5, 0.6) is 0 Å². The average molecular weight is 563 g/mol. The van der Waals surface area contributed by atoms with Crippen LogP contribution < -0.4 is 5.32 Å². The van der Waals surface area contributed by atoms with Gasteiger partial charge in [0.2, 0.25) is 0 Å². The zero-order chi connectivity index (χ0) is 26.1. The van der Waals surface area contributed by atoms with E-state index in [2.05, 4.69) is 62.4 Å². The average Bonchev–Trinajstić information content (AvgIpc) is 3.15. The summed E-state index contributed by atoms with van der Waals surface area (Å²) in [5, 5.41) is 4.84. The summed E-state index contributed by atoms with van der Waals surface area (Å²) in [5.74, 6) is 3.28. The number of hydrogen-bond acceptors (Lipinski definition) is 3. The molecule has 0 amide bonds. The van der Waals surface area contributed by atoms with Gasteiger partial charge >= 0.3 is 5.97 Å². The third-order valence-electron chi connectivity index (χ3n) is 13.5. The number of allylic oxidation sites excluding steroid dienone is 1. The number of alkyl halides is 1. The maximum Gasteiger partial charge on any atom is 0.302 e. The van der Waals surface area contributed by atoms with Gasteiger partial charge in [0.15, 0.2) is 0 Å². The second-order valence-corrected chi connectivity index (χ2v) is 15.6. The second kappa shape index (κ2) is 9.10. The molecule has 9 atom stereocenters. The molecule has 4 heteroatoms. The van der Waals surface area contributed by atoms with Gasteiger partial charge in [0.1, 0.15) is 0 Å². The summed E-state index contributed by atoms with van der Waals surface area (Å²) in [6, 6.07) is 0. The van der Waals surface area contributed by atoms with Crippen molar-refractivity contribution in [1.82, 2.24) is 5.32 Å². The van der Waals surface area contributed by atoms with Gasteiger partial charge in [-0.1, -0.05) is 48.9 Å². The van der Waals surface area contributed by atoms with Crippen LogP contribution in [0.4, 0.5) is 0 Å². The maximum absolute atomic E-state index is 11.9. The molecule has 0 bridgehead atoms. The summed E-state index contributed by atoms with van der Waals surface area (Å²) in [6.45, 7) is 21.0. The van der Waals surface area contributed by atoms with Gasteiger partial charge in [-0.05, 0) is 130 Å². The van der Waals surface area contributed by atoms with E-state index < -0.39 is 0 Å². The lowest BCUT2D eigenvalue weighted by Gasteiger charge is -2.71. The van der Waals surface area contributed by atoms with Crippen LogP contribution in [0.3, 0.4) is 0 Å². The quantitative estimate of drug-likeness (QED) is 0.215. The molecule has 0 aromatic rings. The van der Waals surface area contributed by atoms with Crippen molar-refractivity contribution >= 4 is 21.9 Å². The Morgan fingerprint density at radius 3 is 2.39 bits per heavy atom. The molecule has 5 fully saturated rings. The molecule has 0 spiro atoms. The highest BCUT2D eigenvalue weighted by Crippen LogP contribution is 2.76. The van der Waals surface area contributed by atoms with E-state index in [1.54, 1.807) is 6.92 Å². The molecule has 0 unspecified atom stereocenters. The lowest BCUT2D eigenvalue weighted by Crippen LogP contribution is -2.66. The third-order valence-corrected chi connectivity index (χ3v) is 14.2. The lowest BCUT2D eigenvalue weighted by atomic mass is 9.33. The van der Waals surface area contributed by atoms with E-state index in [1.165, 1.54) is 76.3 Å². The number of esters is 1. The summed E-state index contributed by atoms with van der Waals surface area (Å²) in [7, 11) is 0. The van der Waals surface area contributed by atoms with Gasteiger partial charge < -0.3 is 10.1 Å². The van der Waals surface area contributed by atoms with Crippen molar-refractivity contribution in [3.8, 4) is 0 Å². The Labute approximate surface area is 229 Å². The summed E-state index contributed by atoms with van der Waals surface area (Å²) >= 11 is 3.76. The smallest absolute Gasteiger partial charge is 0.302 e. The third kappa shape index (κ3) is 3.76. The van der Waals surface area contributed by atoms with Crippen LogP contribution in [0.2, 0.25) is 0 Å². The minimum Gasteiger partial charge on any atom is -0.465 e. The van der Waals surface area contributed by atoms with Crippen molar-refractivity contribution in [2.75, 3.05) is 18.5 Å². The molecular formula is C32H52BrNO2. The van der Waals surface area contributed by atoms with Gasteiger partial charge in [0.05, 0.1) is 6.61 Å². The molecule has 1 aliphatic heterocycles. The molecule has 0 aromatic carbocycles. The Bertz CT molecular complexity index is 901. The molecule has 4 aliphatic carbocycles. The molecule has 1 heterocycles. The van der Waals surface area contributed by atoms with Gasteiger partial charge in [-0.15, -0.1) is 0 Å². The lowest BCUT2D eigenvalue weighted by molar-refractivity contribution is -0.227. The van der Waals surface area contributed by atoms with E-state index in [0.29, 0.717) is 40.6 Å². The summed E-state index contributed by atoms with van der Waals surface area (Å²) in [4.78, 5) is 11.9. The number of hydrogen-bond donors (Lipinski definition) is 1. The van der Waals surface area contributed by atoms with Crippen molar-refractivity contribution in [1.29, 1.82) is 0 Å². The fourth-order valence-corrected chi connectivity index (χ4v) is 12.1. The fraction of sp³-hybridized carbons (Fsp3) is 0.906. The molecule has 4 saturated carbocycles. The van der Waals surface area contributed by atoms with Crippen molar-refractivity contribution in [3.05, 3.63) is 12.2 Å². The maximum atomic E-state index is 11.9. The first-order valence-corrected chi connectivity index (χ1v) is 16.1. The van der Waals surface area contributed by atoms with Crippen LogP contribution in [-0.2, 0) is 9.53 Å². The van der Waals surface area contributed by atoms with Crippen LogP contribution in [0.25, 0.3) is 0 Å². The standard InChI is InChI=1S/C32H52BrNO2/c1-21(19-33)23-11-15-32(20-36-22(2)35)17-16-30(6)24(27(23)32)9-10-26-29(5)13-8-18-34-28(3,4)25(29)12-14-31(26,30)7/h23-27,34H,1,8-20H2,2-7H3/t23-,24+,25-,26+,27+,29-,30+,31+,32+/m0/s1. The number of carbonyl (C=O) groups excluding carboxylic acids is 1. The fourth-order valence-electron chi connectivity index (χ4n) is 11.7. The number of halogens is 1. The number of nitrogens with one attached hydrogen (secondary N) is 1. The van der Waals surface area contributed by atoms with E-state index in [0.717, 1.165) is 17.2 Å². The number of fused-ring (bicyclic) bond motifs is 7. The number of ether oxygens (including phenoxy) is 1. The highest BCUT2D eigenvalue weighted by atomic mass is 79.9. The molecule has 3 nitrogen and oxygen atoms in total. The zero-order valence-electron chi connectivity index (χ0n) is 24.0. The Kier molecular flexibility index (Phi) is 6.88. The van der Waals surface area contributed by atoms with E-state index >= 15 is 0 Å². The van der Waals surface area contributed by atoms with E-state index in [9.17, 15) is 4.79 Å². The second-order valence-electron chi connectivity index (χ2n) is 15.0. The molecule has 0 radical (unpaired) electrons. The van der Waals surface area contributed by atoms with E-state index in [1.807, 2.05) is 0 Å². The zero-order valence-corrected chi connectivity index (χ0v) is 25.6. The van der Waals surface area contributed by atoms with E-state index in [4.69, 9.17) is 4.74 Å². The van der Waals surface area contributed by atoms with Crippen molar-refractivity contribution in [2.24, 2.45) is 51.2 Å². The molecule has 36 heavy (non-hydrogen) atoms. The Morgan fingerprint density at radius 2 is 1.69 bits per heavy atom. The SMILES string of the molecule is C=C(CBr)[C@@H]1CC[C@]2(COC(C)=O)CC[C@]3(C)[C@H](CC[C@@H]4[C@@]5(C)CCCNC(C)(C)[C@@H]5CC[C@]43C)[C@@H]12. The van der Waals surface area contributed by atoms with Crippen LogP contribution >= 0.6 is 15.9 Å². The Balaban J connectivity index is 1.54. The number of carbonyl (C=O) groups is 1. The van der Waals surface area contributed by atoms with Crippen LogP contribution in [0.15, 0.2) is 12.2 Å². The van der Waals surface area contributed by atoms with Gasteiger partial charge in [-0.3, -0.25) is 4.79 Å². The van der Waals surface area contributed by atoms with Crippen LogP contribution in [-0.4, -0.2) is 30.0 Å². The Morgan fingerprint density at radius 1 is 0.944 bits per heavy atom. The van der Waals surface area contributed by atoms with Crippen molar-refractivity contribution in [3.63, 3.8) is 0 Å². The van der Waals surface area contributed by atoms with E-state index in [-0.39, 0.29) is 16.9 Å². The van der Waals surface area contributed by atoms with Crippen molar-refractivity contribution < 1.29 is 9.53 Å². The minimum atomic E-state index is -0.120. The molecule has 5 rings (SSSR count). The molecule has 0 aromatic heterocycles. The van der Waals surface area contributed by atoms with Gasteiger partial charge in [-0.25, -0.2) is 0 Å². The predicted molar refractivity (Wildman–Crippen MR) is 152 cm³/mol. The highest BCUT2D eigenvalue weighted by Gasteiger charge is 2.70. The van der Waals surface area contributed by atoms with Crippen LogP contribution in [0, 0.1) is 51.2 Å². The minimum absolute atomic E-state index is 0.120. The molecule has 1 saturated heterocycles. The van der Waals surface area contributed by atoms with Gasteiger partial charge in [0, 0.05) is 23.2 Å². The van der Waals surface area contributed by atoms with Gasteiger partial charge in [0.25, 0.3) is 0 Å². The predicted octanol–water partition coefficient (Wildman–Crippen LogP) is 7.92.